The van der Waals surface area contributed by atoms with E-state index < -0.39 is 5.97 Å². The standard InChI is InChI=1S/C15H19N3O3/c1-10-7-12-8-11(4-5-13(12)18-10)9-17-15(21)16-6-2-3-14(19)20/h4-5,7-8,18H,2-3,6,9H2,1H3,(H,19,20)(H2,16,17,21). The Labute approximate surface area is 122 Å². The average Bonchev–Trinajstić information content (AvgIpc) is 2.80. The minimum atomic E-state index is -0.854. The number of nitrogens with one attached hydrogen (secondary N) is 3. The van der Waals surface area contributed by atoms with E-state index in [1.807, 2.05) is 25.1 Å². The normalized spacial score (nSPS) is 10.5. The summed E-state index contributed by atoms with van der Waals surface area (Å²) in [6.45, 7) is 2.79. The average molecular weight is 289 g/mol. The molecule has 6 heteroatoms. The first kappa shape index (κ1) is 14.9. The van der Waals surface area contributed by atoms with Gasteiger partial charge in [-0.3, -0.25) is 4.79 Å². The lowest BCUT2D eigenvalue weighted by molar-refractivity contribution is -0.137. The van der Waals surface area contributed by atoms with Crippen LogP contribution in [0.1, 0.15) is 24.1 Å². The van der Waals surface area contributed by atoms with E-state index in [9.17, 15) is 9.59 Å². The number of H-pyrrole nitrogens is 1. The van der Waals surface area contributed by atoms with Gasteiger partial charge in [0.2, 0.25) is 0 Å². The molecule has 1 heterocycles. The summed E-state index contributed by atoms with van der Waals surface area (Å²) >= 11 is 0. The van der Waals surface area contributed by atoms with E-state index in [1.165, 1.54) is 0 Å². The molecule has 2 amide bonds. The highest BCUT2D eigenvalue weighted by Crippen LogP contribution is 2.16. The predicted octanol–water partition coefficient (Wildman–Crippen LogP) is 2.14. The van der Waals surface area contributed by atoms with Crippen LogP contribution in [0.15, 0.2) is 24.3 Å². The molecule has 0 saturated carbocycles. The summed E-state index contributed by atoms with van der Waals surface area (Å²) in [6.07, 6.45) is 0.487. The number of aromatic nitrogens is 1. The summed E-state index contributed by atoms with van der Waals surface area (Å²) in [5, 5.41) is 15.0. The first-order valence-electron chi connectivity index (χ1n) is 6.86. The van der Waals surface area contributed by atoms with Gasteiger partial charge in [0.15, 0.2) is 0 Å². The van der Waals surface area contributed by atoms with Gasteiger partial charge in [-0.1, -0.05) is 6.07 Å². The number of hydrogen-bond acceptors (Lipinski definition) is 2. The third kappa shape index (κ3) is 4.52. The number of carbonyl (C=O) groups is 2. The zero-order valence-electron chi connectivity index (χ0n) is 11.9. The highest BCUT2D eigenvalue weighted by Gasteiger charge is 2.03. The van der Waals surface area contributed by atoms with Gasteiger partial charge in [-0.2, -0.15) is 0 Å². The van der Waals surface area contributed by atoms with Crippen LogP contribution in [0.2, 0.25) is 0 Å². The topological polar surface area (TPSA) is 94.2 Å². The van der Waals surface area contributed by atoms with Crippen LogP contribution in [0, 0.1) is 6.92 Å². The number of aryl methyl sites for hydroxylation is 1. The quantitative estimate of drug-likeness (QED) is 0.614. The summed E-state index contributed by atoms with van der Waals surface area (Å²) in [5.41, 5.74) is 3.20. The summed E-state index contributed by atoms with van der Waals surface area (Å²) < 4.78 is 0. The molecule has 0 atom stereocenters. The molecule has 112 valence electrons. The van der Waals surface area contributed by atoms with Crippen LogP contribution in [0.3, 0.4) is 0 Å². The van der Waals surface area contributed by atoms with Gasteiger partial charge in [-0.25, -0.2) is 4.79 Å². The largest absolute Gasteiger partial charge is 0.481 e. The lowest BCUT2D eigenvalue weighted by Crippen LogP contribution is -2.35. The van der Waals surface area contributed by atoms with E-state index in [-0.39, 0.29) is 12.5 Å². The Balaban J connectivity index is 1.78. The van der Waals surface area contributed by atoms with Crippen LogP contribution in [0.5, 0.6) is 0 Å². The van der Waals surface area contributed by atoms with E-state index in [4.69, 9.17) is 5.11 Å². The fraction of sp³-hybridized carbons (Fsp3) is 0.333. The Morgan fingerprint density at radius 2 is 2.05 bits per heavy atom. The second-order valence-corrected chi connectivity index (χ2v) is 4.98. The SMILES string of the molecule is Cc1cc2cc(CNC(=O)NCCCC(=O)O)ccc2[nH]1. The van der Waals surface area contributed by atoms with Gasteiger partial charge in [-0.05, 0) is 42.5 Å². The Hall–Kier alpha value is -2.50. The summed E-state index contributed by atoms with van der Waals surface area (Å²) in [4.78, 5) is 25.1. The molecule has 0 spiro atoms. The molecule has 0 fully saturated rings. The molecule has 0 aliphatic heterocycles. The van der Waals surface area contributed by atoms with Crippen molar-refractivity contribution < 1.29 is 14.7 Å². The van der Waals surface area contributed by atoms with Crippen molar-refractivity contribution >= 4 is 22.9 Å². The van der Waals surface area contributed by atoms with Gasteiger partial charge in [0.1, 0.15) is 0 Å². The fourth-order valence-corrected chi connectivity index (χ4v) is 2.12. The molecule has 1 aromatic carbocycles. The third-order valence-corrected chi connectivity index (χ3v) is 3.13. The van der Waals surface area contributed by atoms with Gasteiger partial charge in [0.05, 0.1) is 0 Å². The Morgan fingerprint density at radius 1 is 1.24 bits per heavy atom. The van der Waals surface area contributed by atoms with Crippen LogP contribution < -0.4 is 10.6 Å². The highest BCUT2D eigenvalue weighted by molar-refractivity contribution is 5.81. The minimum absolute atomic E-state index is 0.0593. The minimum Gasteiger partial charge on any atom is -0.481 e. The number of hydrogen-bond donors (Lipinski definition) is 4. The number of aromatic amines is 1. The number of urea groups is 1. The molecule has 0 saturated heterocycles. The van der Waals surface area contributed by atoms with Crippen molar-refractivity contribution in [2.24, 2.45) is 0 Å². The number of rotatable bonds is 6. The van der Waals surface area contributed by atoms with E-state index in [0.717, 1.165) is 22.2 Å². The molecular weight excluding hydrogens is 270 g/mol. The number of carboxylic acid groups (broad SMARTS) is 1. The first-order chi connectivity index (χ1) is 10.0. The molecular formula is C15H19N3O3. The van der Waals surface area contributed by atoms with Crippen LogP contribution in [0.4, 0.5) is 4.79 Å². The predicted molar refractivity (Wildman–Crippen MR) is 80.1 cm³/mol. The van der Waals surface area contributed by atoms with Crippen molar-refractivity contribution in [3.05, 3.63) is 35.5 Å². The van der Waals surface area contributed by atoms with Crippen LogP contribution >= 0.6 is 0 Å². The van der Waals surface area contributed by atoms with Gasteiger partial charge < -0.3 is 20.7 Å². The number of benzene rings is 1. The first-order valence-corrected chi connectivity index (χ1v) is 6.86. The number of carboxylic acids is 1. The zero-order valence-corrected chi connectivity index (χ0v) is 11.9. The van der Waals surface area contributed by atoms with Crippen LogP contribution in [-0.2, 0) is 11.3 Å². The molecule has 6 nitrogen and oxygen atoms in total. The number of amides is 2. The second kappa shape index (κ2) is 6.78. The molecule has 1 aromatic heterocycles. The molecule has 0 bridgehead atoms. The van der Waals surface area contributed by atoms with Crippen molar-refractivity contribution in [1.29, 1.82) is 0 Å². The molecule has 4 N–H and O–H groups in total. The maximum absolute atomic E-state index is 11.6. The molecule has 0 unspecified atom stereocenters. The monoisotopic (exact) mass is 289 g/mol. The van der Waals surface area contributed by atoms with E-state index in [0.29, 0.717) is 19.5 Å². The van der Waals surface area contributed by atoms with Crippen LogP contribution in [-0.4, -0.2) is 28.6 Å². The molecule has 2 rings (SSSR count). The van der Waals surface area contributed by atoms with E-state index in [2.05, 4.69) is 21.7 Å². The zero-order chi connectivity index (χ0) is 15.2. The second-order valence-electron chi connectivity index (χ2n) is 4.98. The third-order valence-electron chi connectivity index (χ3n) is 3.13. The number of aliphatic carboxylic acids is 1. The van der Waals surface area contributed by atoms with Crippen LogP contribution in [0.25, 0.3) is 10.9 Å². The number of fused-ring (bicyclic) bond motifs is 1. The Morgan fingerprint density at radius 3 is 2.81 bits per heavy atom. The van der Waals surface area contributed by atoms with Crippen molar-refractivity contribution in [1.82, 2.24) is 15.6 Å². The maximum atomic E-state index is 11.6. The van der Waals surface area contributed by atoms with Crippen molar-refractivity contribution in [2.45, 2.75) is 26.3 Å². The number of carbonyl (C=O) groups excluding carboxylic acids is 1. The molecule has 0 radical (unpaired) electrons. The van der Waals surface area contributed by atoms with Gasteiger partial charge >= 0.3 is 12.0 Å². The van der Waals surface area contributed by atoms with Crippen molar-refractivity contribution in [2.75, 3.05) is 6.54 Å². The Kier molecular flexibility index (Phi) is 4.81. The summed E-state index contributed by atoms with van der Waals surface area (Å²) in [7, 11) is 0. The molecule has 21 heavy (non-hydrogen) atoms. The fourth-order valence-electron chi connectivity index (χ4n) is 2.12. The Bertz CT molecular complexity index is 649. The van der Waals surface area contributed by atoms with E-state index >= 15 is 0 Å². The molecule has 0 aliphatic rings. The smallest absolute Gasteiger partial charge is 0.315 e. The molecule has 0 aliphatic carbocycles. The maximum Gasteiger partial charge on any atom is 0.315 e. The summed E-state index contributed by atoms with van der Waals surface area (Å²) in [6, 6.07) is 7.76. The van der Waals surface area contributed by atoms with Gasteiger partial charge in [0, 0.05) is 30.7 Å². The van der Waals surface area contributed by atoms with Crippen molar-refractivity contribution in [3.8, 4) is 0 Å². The lowest BCUT2D eigenvalue weighted by Gasteiger charge is -2.07. The molecule has 2 aromatic rings. The highest BCUT2D eigenvalue weighted by atomic mass is 16.4. The van der Waals surface area contributed by atoms with Gasteiger partial charge in [-0.15, -0.1) is 0 Å². The summed E-state index contributed by atoms with van der Waals surface area (Å²) in [5.74, 6) is -0.854. The van der Waals surface area contributed by atoms with Crippen molar-refractivity contribution in [3.63, 3.8) is 0 Å². The lowest BCUT2D eigenvalue weighted by atomic mass is 10.1. The van der Waals surface area contributed by atoms with E-state index in [1.54, 1.807) is 0 Å². The van der Waals surface area contributed by atoms with Gasteiger partial charge in [0.25, 0.3) is 0 Å².